The molecule has 0 spiro atoms. The summed E-state index contributed by atoms with van der Waals surface area (Å²) in [5, 5.41) is 3.12. The van der Waals surface area contributed by atoms with Crippen LogP contribution in [0.3, 0.4) is 0 Å². The van der Waals surface area contributed by atoms with Crippen molar-refractivity contribution in [3.8, 4) is 11.4 Å². The molecule has 1 amide bonds. The van der Waals surface area contributed by atoms with E-state index < -0.39 is 0 Å². The quantitative estimate of drug-likeness (QED) is 0.526. The van der Waals surface area contributed by atoms with Gasteiger partial charge in [-0.15, -0.1) is 11.3 Å². The maximum absolute atomic E-state index is 13.2. The summed E-state index contributed by atoms with van der Waals surface area (Å²) in [6.45, 7) is 10.0. The Morgan fingerprint density at radius 2 is 1.93 bits per heavy atom. The van der Waals surface area contributed by atoms with Crippen LogP contribution in [0.4, 0.5) is 0 Å². The fraction of sp³-hybridized carbons (Fsp3) is 0.391. The van der Waals surface area contributed by atoms with Gasteiger partial charge >= 0.3 is 0 Å². The second kappa shape index (κ2) is 8.74. The fourth-order valence-electron chi connectivity index (χ4n) is 3.37. The predicted octanol–water partition coefficient (Wildman–Crippen LogP) is 5.55. The molecule has 148 valence electrons. The van der Waals surface area contributed by atoms with E-state index in [1.54, 1.807) is 16.2 Å². The van der Waals surface area contributed by atoms with Gasteiger partial charge in [0.25, 0.3) is 5.91 Å². The Hall–Kier alpha value is -2.40. The van der Waals surface area contributed by atoms with Crippen molar-refractivity contribution in [3.63, 3.8) is 0 Å². The summed E-state index contributed by atoms with van der Waals surface area (Å²) >= 11 is 1.64. The van der Waals surface area contributed by atoms with Crippen molar-refractivity contribution < 1.29 is 4.79 Å². The molecule has 0 bridgehead atoms. The minimum Gasteiger partial charge on any atom is -0.343 e. The van der Waals surface area contributed by atoms with Crippen LogP contribution < -0.4 is 0 Å². The fourth-order valence-corrected chi connectivity index (χ4v) is 3.97. The largest absolute Gasteiger partial charge is 0.343 e. The number of rotatable bonds is 7. The molecule has 0 fully saturated rings. The predicted molar refractivity (Wildman–Crippen MR) is 117 cm³/mol. The highest BCUT2D eigenvalue weighted by Crippen LogP contribution is 2.29. The first-order chi connectivity index (χ1) is 13.4. The zero-order valence-electron chi connectivity index (χ0n) is 17.4. The van der Waals surface area contributed by atoms with Crippen LogP contribution in [0.25, 0.3) is 11.4 Å². The molecule has 1 aromatic carbocycles. The Morgan fingerprint density at radius 1 is 1.21 bits per heavy atom. The first kappa shape index (κ1) is 20.3. The topological polar surface area (TPSA) is 38.1 Å². The average molecular weight is 396 g/mol. The van der Waals surface area contributed by atoms with Gasteiger partial charge in [0.1, 0.15) is 0 Å². The molecule has 0 unspecified atom stereocenters. The number of amides is 1. The lowest BCUT2D eigenvalue weighted by Gasteiger charge is -2.18. The van der Waals surface area contributed by atoms with Crippen LogP contribution in [0.15, 0.2) is 41.8 Å². The molecule has 5 heteroatoms. The lowest BCUT2D eigenvalue weighted by molar-refractivity contribution is 0.0784. The van der Waals surface area contributed by atoms with Crippen molar-refractivity contribution in [2.24, 2.45) is 5.92 Å². The first-order valence-corrected chi connectivity index (χ1v) is 10.7. The van der Waals surface area contributed by atoms with Gasteiger partial charge in [-0.1, -0.05) is 44.2 Å². The van der Waals surface area contributed by atoms with Crippen LogP contribution >= 0.6 is 11.3 Å². The van der Waals surface area contributed by atoms with E-state index in [4.69, 9.17) is 0 Å². The van der Waals surface area contributed by atoms with Crippen LogP contribution in [-0.2, 0) is 13.1 Å². The summed E-state index contributed by atoms with van der Waals surface area (Å²) in [6.07, 6.45) is 1.07. The highest BCUT2D eigenvalue weighted by Gasteiger charge is 2.22. The number of aryl methyl sites for hydroxylation is 1. The van der Waals surface area contributed by atoms with Crippen LogP contribution in [0.2, 0.25) is 0 Å². The van der Waals surface area contributed by atoms with Gasteiger partial charge in [0.2, 0.25) is 0 Å². The molecule has 3 rings (SSSR count). The summed E-state index contributed by atoms with van der Waals surface area (Å²) in [6, 6.07) is 12.1. The molecule has 0 saturated carbocycles. The molecule has 28 heavy (non-hydrogen) atoms. The standard InChI is InChI=1S/C23H29N3OS/c1-16(2)11-12-26-17(3)20(13-22(26)21-15-28-18(4)24-21)23(27)25(5)14-19-9-7-6-8-10-19/h6-10,13,15-16H,11-12,14H2,1-5H3. The zero-order chi connectivity index (χ0) is 20.3. The first-order valence-electron chi connectivity index (χ1n) is 9.78. The Morgan fingerprint density at radius 3 is 2.54 bits per heavy atom. The van der Waals surface area contributed by atoms with E-state index in [0.717, 1.165) is 46.2 Å². The third-order valence-corrected chi connectivity index (χ3v) is 5.79. The summed E-state index contributed by atoms with van der Waals surface area (Å²) in [5.41, 5.74) is 4.91. The smallest absolute Gasteiger partial charge is 0.255 e. The van der Waals surface area contributed by atoms with Gasteiger partial charge in [-0.05, 0) is 37.8 Å². The van der Waals surface area contributed by atoms with Crippen molar-refractivity contribution in [2.45, 2.75) is 47.2 Å². The number of thiazole rings is 1. The second-order valence-electron chi connectivity index (χ2n) is 7.76. The lowest BCUT2D eigenvalue weighted by atomic mass is 10.1. The third-order valence-electron chi connectivity index (χ3n) is 5.02. The van der Waals surface area contributed by atoms with E-state index in [2.05, 4.69) is 28.8 Å². The van der Waals surface area contributed by atoms with Gasteiger partial charge in [0.15, 0.2) is 0 Å². The van der Waals surface area contributed by atoms with Crippen molar-refractivity contribution in [2.75, 3.05) is 7.05 Å². The van der Waals surface area contributed by atoms with Crippen LogP contribution in [0.5, 0.6) is 0 Å². The van der Waals surface area contributed by atoms with E-state index >= 15 is 0 Å². The van der Waals surface area contributed by atoms with Crippen LogP contribution in [0, 0.1) is 19.8 Å². The van der Waals surface area contributed by atoms with E-state index in [1.165, 1.54) is 0 Å². The zero-order valence-corrected chi connectivity index (χ0v) is 18.2. The molecule has 3 aromatic rings. The van der Waals surface area contributed by atoms with E-state index in [9.17, 15) is 4.79 Å². The molecule has 0 aliphatic rings. The third kappa shape index (κ3) is 4.53. The lowest BCUT2D eigenvalue weighted by Crippen LogP contribution is -2.26. The molecule has 0 atom stereocenters. The van der Waals surface area contributed by atoms with Crippen molar-refractivity contribution >= 4 is 17.2 Å². The highest BCUT2D eigenvalue weighted by atomic mass is 32.1. The van der Waals surface area contributed by atoms with Crippen molar-refractivity contribution in [1.82, 2.24) is 14.5 Å². The van der Waals surface area contributed by atoms with Gasteiger partial charge in [-0.3, -0.25) is 4.79 Å². The van der Waals surface area contributed by atoms with Gasteiger partial charge in [0, 0.05) is 31.2 Å². The average Bonchev–Trinajstić information content (AvgIpc) is 3.23. The maximum atomic E-state index is 13.2. The van der Waals surface area contributed by atoms with Crippen LogP contribution in [0.1, 0.15) is 46.9 Å². The molecule has 4 nitrogen and oxygen atoms in total. The number of aromatic nitrogens is 2. The molecule has 2 aromatic heterocycles. The van der Waals surface area contributed by atoms with Crippen molar-refractivity contribution in [3.05, 3.63) is 63.6 Å². The summed E-state index contributed by atoms with van der Waals surface area (Å²) in [4.78, 5) is 19.7. The Kier molecular flexibility index (Phi) is 6.35. The number of carbonyl (C=O) groups excluding carboxylic acids is 1. The molecular formula is C23H29N3OS. The molecular weight excluding hydrogens is 366 g/mol. The summed E-state index contributed by atoms with van der Waals surface area (Å²) in [5.74, 6) is 0.657. The SMILES string of the molecule is Cc1nc(-c2cc(C(=O)N(C)Cc3ccccc3)c(C)n2CCC(C)C)cs1. The number of hydrogen-bond acceptors (Lipinski definition) is 3. The summed E-state index contributed by atoms with van der Waals surface area (Å²) < 4.78 is 2.26. The van der Waals surface area contributed by atoms with Gasteiger partial charge in [-0.25, -0.2) is 4.98 Å². The van der Waals surface area contributed by atoms with E-state index in [0.29, 0.717) is 12.5 Å². The molecule has 0 saturated heterocycles. The second-order valence-corrected chi connectivity index (χ2v) is 8.82. The number of carbonyl (C=O) groups is 1. The minimum absolute atomic E-state index is 0.0536. The number of benzene rings is 1. The maximum Gasteiger partial charge on any atom is 0.255 e. The molecule has 0 radical (unpaired) electrons. The van der Waals surface area contributed by atoms with Crippen molar-refractivity contribution in [1.29, 1.82) is 0 Å². The highest BCUT2D eigenvalue weighted by molar-refractivity contribution is 7.09. The Balaban J connectivity index is 1.92. The number of hydrogen-bond donors (Lipinski definition) is 0. The minimum atomic E-state index is 0.0536. The number of nitrogens with zero attached hydrogens (tertiary/aromatic N) is 3. The van der Waals surface area contributed by atoms with Crippen LogP contribution in [-0.4, -0.2) is 27.4 Å². The van der Waals surface area contributed by atoms with E-state index in [-0.39, 0.29) is 5.91 Å². The van der Waals surface area contributed by atoms with Gasteiger partial charge < -0.3 is 9.47 Å². The Bertz CT molecular complexity index is 940. The Labute approximate surface area is 171 Å². The van der Waals surface area contributed by atoms with Gasteiger partial charge in [0.05, 0.1) is 22.0 Å². The molecule has 0 aliphatic heterocycles. The molecule has 2 heterocycles. The molecule has 0 N–H and O–H groups in total. The summed E-state index contributed by atoms with van der Waals surface area (Å²) in [7, 11) is 1.87. The molecule has 0 aliphatic carbocycles. The van der Waals surface area contributed by atoms with E-state index in [1.807, 2.05) is 57.3 Å². The normalized spacial score (nSPS) is 11.2. The monoisotopic (exact) mass is 395 g/mol. The van der Waals surface area contributed by atoms with Gasteiger partial charge in [-0.2, -0.15) is 0 Å².